The predicted octanol–water partition coefficient (Wildman–Crippen LogP) is 1.88. The summed E-state index contributed by atoms with van der Waals surface area (Å²) in [4.78, 5) is 11.9. The van der Waals surface area contributed by atoms with Gasteiger partial charge in [-0.2, -0.15) is 11.8 Å². The molecule has 0 saturated carbocycles. The van der Waals surface area contributed by atoms with Gasteiger partial charge in [0.2, 0.25) is 5.91 Å². The Hall–Kier alpha value is -1.11. The molecule has 5 nitrogen and oxygen atoms in total. The van der Waals surface area contributed by atoms with Crippen molar-refractivity contribution in [1.29, 1.82) is 0 Å². The molecule has 1 unspecified atom stereocenters. The lowest BCUT2D eigenvalue weighted by Crippen LogP contribution is -2.41. The van der Waals surface area contributed by atoms with Crippen LogP contribution >= 0.6 is 24.2 Å². The predicted molar refractivity (Wildman–Crippen MR) is 97.2 cm³/mol. The van der Waals surface area contributed by atoms with E-state index in [2.05, 4.69) is 10.6 Å². The first-order chi connectivity index (χ1) is 10.7. The van der Waals surface area contributed by atoms with Crippen molar-refractivity contribution in [3.8, 4) is 11.5 Å². The van der Waals surface area contributed by atoms with Crippen LogP contribution in [0.1, 0.15) is 12.0 Å². The molecule has 1 aromatic rings. The summed E-state index contributed by atoms with van der Waals surface area (Å²) >= 11 is 1.91. The monoisotopic (exact) mass is 360 g/mol. The van der Waals surface area contributed by atoms with Gasteiger partial charge >= 0.3 is 0 Å². The molecule has 1 saturated heterocycles. The maximum Gasteiger partial charge on any atom is 0.221 e. The second-order valence-electron chi connectivity index (χ2n) is 5.22. The van der Waals surface area contributed by atoms with Gasteiger partial charge in [-0.05, 0) is 24.1 Å². The standard InChI is InChI=1S/C16H24N2O3S.ClH/c1-20-14-4-3-12(9-15(14)21-2)5-6-18-16(19)10-13-11-22-8-7-17-13;/h3-4,9,13,17H,5-8,10-11H2,1-2H3,(H,18,19);1H. The maximum atomic E-state index is 11.9. The summed E-state index contributed by atoms with van der Waals surface area (Å²) in [6.07, 6.45) is 1.33. The summed E-state index contributed by atoms with van der Waals surface area (Å²) in [5, 5.41) is 6.36. The zero-order valence-electron chi connectivity index (χ0n) is 13.6. The Morgan fingerprint density at radius 2 is 2.13 bits per heavy atom. The lowest BCUT2D eigenvalue weighted by atomic mass is 10.1. The van der Waals surface area contributed by atoms with Gasteiger partial charge in [-0.25, -0.2) is 0 Å². The first kappa shape index (κ1) is 19.9. The fourth-order valence-corrected chi connectivity index (χ4v) is 3.38. The van der Waals surface area contributed by atoms with Crippen molar-refractivity contribution in [1.82, 2.24) is 10.6 Å². The normalized spacial score (nSPS) is 17.0. The Kier molecular flexibility index (Phi) is 9.21. The lowest BCUT2D eigenvalue weighted by Gasteiger charge is -2.22. The summed E-state index contributed by atoms with van der Waals surface area (Å²) in [5.74, 6) is 3.70. The number of halogens is 1. The van der Waals surface area contributed by atoms with Crippen LogP contribution < -0.4 is 20.1 Å². The van der Waals surface area contributed by atoms with Crippen LogP contribution in [0.2, 0.25) is 0 Å². The maximum absolute atomic E-state index is 11.9. The number of methoxy groups -OCH3 is 2. The highest BCUT2D eigenvalue weighted by Crippen LogP contribution is 2.27. The Morgan fingerprint density at radius 3 is 2.78 bits per heavy atom. The van der Waals surface area contributed by atoms with E-state index in [4.69, 9.17) is 9.47 Å². The molecule has 1 amide bonds. The number of thioether (sulfide) groups is 1. The Labute approximate surface area is 148 Å². The quantitative estimate of drug-likeness (QED) is 0.777. The number of carbonyl (C=O) groups excluding carboxylic acids is 1. The average Bonchev–Trinajstić information content (AvgIpc) is 2.55. The number of rotatable bonds is 7. The SMILES string of the molecule is COc1ccc(CCNC(=O)CC2CSCCN2)cc1OC.Cl. The van der Waals surface area contributed by atoms with Crippen LogP contribution in [0.15, 0.2) is 18.2 Å². The number of nitrogens with one attached hydrogen (secondary N) is 2. The molecule has 0 bridgehead atoms. The molecule has 1 aliphatic rings. The topological polar surface area (TPSA) is 59.6 Å². The Bertz CT molecular complexity index is 496. The summed E-state index contributed by atoms with van der Waals surface area (Å²) in [5.41, 5.74) is 1.12. The molecule has 1 atom stereocenters. The van der Waals surface area contributed by atoms with Crippen LogP contribution in [-0.2, 0) is 11.2 Å². The highest BCUT2D eigenvalue weighted by molar-refractivity contribution is 7.99. The second kappa shape index (κ2) is 10.6. The lowest BCUT2D eigenvalue weighted by molar-refractivity contribution is -0.121. The largest absolute Gasteiger partial charge is 0.493 e. The Morgan fingerprint density at radius 1 is 1.35 bits per heavy atom. The molecule has 0 radical (unpaired) electrons. The number of amides is 1. The van der Waals surface area contributed by atoms with Gasteiger partial charge in [-0.3, -0.25) is 4.79 Å². The van der Waals surface area contributed by atoms with E-state index >= 15 is 0 Å². The van der Waals surface area contributed by atoms with E-state index < -0.39 is 0 Å². The van der Waals surface area contributed by atoms with Crippen molar-refractivity contribution in [2.24, 2.45) is 0 Å². The summed E-state index contributed by atoms with van der Waals surface area (Å²) in [6.45, 7) is 1.63. The van der Waals surface area contributed by atoms with Gasteiger partial charge in [0.05, 0.1) is 14.2 Å². The highest BCUT2D eigenvalue weighted by atomic mass is 35.5. The smallest absolute Gasteiger partial charge is 0.221 e. The fraction of sp³-hybridized carbons (Fsp3) is 0.562. The van der Waals surface area contributed by atoms with Crippen LogP contribution in [0.3, 0.4) is 0 Å². The van der Waals surface area contributed by atoms with Crippen LogP contribution in [0.25, 0.3) is 0 Å². The van der Waals surface area contributed by atoms with E-state index in [0.29, 0.717) is 19.0 Å². The molecule has 2 rings (SSSR count). The van der Waals surface area contributed by atoms with E-state index in [1.54, 1.807) is 14.2 Å². The van der Waals surface area contributed by atoms with E-state index in [-0.39, 0.29) is 18.3 Å². The molecule has 0 spiro atoms. The van der Waals surface area contributed by atoms with Crippen molar-refractivity contribution in [3.05, 3.63) is 23.8 Å². The fourth-order valence-electron chi connectivity index (χ4n) is 2.43. The third-order valence-electron chi connectivity index (χ3n) is 3.61. The zero-order valence-corrected chi connectivity index (χ0v) is 15.2. The van der Waals surface area contributed by atoms with Gasteiger partial charge in [-0.15, -0.1) is 12.4 Å². The molecule has 1 aliphatic heterocycles. The van der Waals surface area contributed by atoms with Crippen molar-refractivity contribution in [2.75, 3.05) is 38.8 Å². The molecule has 1 aromatic carbocycles. The summed E-state index contributed by atoms with van der Waals surface area (Å²) in [7, 11) is 3.24. The molecule has 1 fully saturated rings. The number of benzene rings is 1. The molecule has 0 aromatic heterocycles. The van der Waals surface area contributed by atoms with Crippen LogP contribution in [0.4, 0.5) is 0 Å². The third kappa shape index (κ3) is 6.49. The van der Waals surface area contributed by atoms with Crippen molar-refractivity contribution in [2.45, 2.75) is 18.9 Å². The van der Waals surface area contributed by atoms with E-state index in [0.717, 1.165) is 41.5 Å². The van der Waals surface area contributed by atoms with Crippen molar-refractivity contribution < 1.29 is 14.3 Å². The van der Waals surface area contributed by atoms with E-state index in [1.165, 1.54) is 0 Å². The molecule has 130 valence electrons. The molecule has 7 heteroatoms. The third-order valence-corrected chi connectivity index (χ3v) is 4.74. The number of ether oxygens (including phenoxy) is 2. The van der Waals surface area contributed by atoms with Gasteiger partial charge in [0.15, 0.2) is 11.5 Å². The average molecular weight is 361 g/mol. The van der Waals surface area contributed by atoms with Gasteiger partial charge in [0.25, 0.3) is 0 Å². The first-order valence-electron chi connectivity index (χ1n) is 7.51. The number of hydrogen-bond donors (Lipinski definition) is 2. The van der Waals surface area contributed by atoms with E-state index in [9.17, 15) is 4.79 Å². The van der Waals surface area contributed by atoms with Gasteiger partial charge in [-0.1, -0.05) is 6.07 Å². The molecule has 23 heavy (non-hydrogen) atoms. The summed E-state index contributed by atoms with van der Waals surface area (Å²) in [6, 6.07) is 6.14. The minimum Gasteiger partial charge on any atom is -0.493 e. The summed E-state index contributed by atoms with van der Waals surface area (Å²) < 4.78 is 10.5. The number of hydrogen-bond acceptors (Lipinski definition) is 5. The van der Waals surface area contributed by atoms with Gasteiger partial charge in [0, 0.05) is 37.1 Å². The molecular weight excluding hydrogens is 336 g/mol. The molecule has 0 aliphatic carbocycles. The van der Waals surface area contributed by atoms with Gasteiger partial charge in [0.1, 0.15) is 0 Å². The molecule has 1 heterocycles. The van der Waals surface area contributed by atoms with Crippen LogP contribution in [0, 0.1) is 0 Å². The zero-order chi connectivity index (χ0) is 15.8. The van der Waals surface area contributed by atoms with Crippen LogP contribution in [-0.4, -0.2) is 50.8 Å². The van der Waals surface area contributed by atoms with Gasteiger partial charge < -0.3 is 20.1 Å². The van der Waals surface area contributed by atoms with Crippen LogP contribution in [0.5, 0.6) is 11.5 Å². The highest BCUT2D eigenvalue weighted by Gasteiger charge is 2.16. The number of carbonyl (C=O) groups is 1. The Balaban J connectivity index is 0.00000264. The van der Waals surface area contributed by atoms with E-state index in [1.807, 2.05) is 30.0 Å². The molecular formula is C16H25ClN2O3S. The molecule has 2 N–H and O–H groups in total. The van der Waals surface area contributed by atoms with Crippen molar-refractivity contribution in [3.63, 3.8) is 0 Å². The first-order valence-corrected chi connectivity index (χ1v) is 8.67. The van der Waals surface area contributed by atoms with Crippen molar-refractivity contribution >= 4 is 30.1 Å². The minimum atomic E-state index is 0. The minimum absolute atomic E-state index is 0. The second-order valence-corrected chi connectivity index (χ2v) is 6.37.